The van der Waals surface area contributed by atoms with Crippen LogP contribution in [-0.4, -0.2) is 31.6 Å². The van der Waals surface area contributed by atoms with Crippen LogP contribution in [-0.2, 0) is 0 Å². The molecule has 0 saturated heterocycles. The first-order valence-electron chi connectivity index (χ1n) is 6.01. The molecule has 3 rings (SSSR count). The van der Waals surface area contributed by atoms with Gasteiger partial charge in [-0.15, -0.1) is 0 Å². The minimum Gasteiger partial charge on any atom is -0.496 e. The molecule has 0 radical (unpaired) electrons. The predicted molar refractivity (Wildman–Crippen MR) is 73.3 cm³/mol. The second kappa shape index (κ2) is 5.16. The molecule has 2 N–H and O–H groups in total. The summed E-state index contributed by atoms with van der Waals surface area (Å²) in [6, 6.07) is 4.08. The molecule has 0 saturated carbocycles. The van der Waals surface area contributed by atoms with E-state index in [1.165, 1.54) is 31.6 Å². The van der Waals surface area contributed by atoms with Crippen molar-refractivity contribution in [3.05, 3.63) is 42.7 Å². The highest BCUT2D eigenvalue weighted by molar-refractivity contribution is 5.65. The third-order valence-electron chi connectivity index (χ3n) is 2.78. The van der Waals surface area contributed by atoms with Crippen molar-refractivity contribution in [2.45, 2.75) is 0 Å². The lowest BCUT2D eigenvalue weighted by Crippen LogP contribution is -2.07. The number of aromatic nitrogens is 5. The van der Waals surface area contributed by atoms with Gasteiger partial charge in [-0.1, -0.05) is 0 Å². The number of anilines is 1. The molecule has 0 amide bonds. The van der Waals surface area contributed by atoms with E-state index < -0.39 is 5.82 Å². The van der Waals surface area contributed by atoms with Crippen molar-refractivity contribution >= 4 is 5.95 Å². The maximum absolute atomic E-state index is 13.5. The molecule has 0 unspecified atom stereocenters. The SMILES string of the molecule is COc1ccc(F)cc1-c1nc(N)nc(-n2ccnc2)n1. The number of halogens is 1. The van der Waals surface area contributed by atoms with Crippen molar-refractivity contribution in [1.29, 1.82) is 0 Å². The lowest BCUT2D eigenvalue weighted by Gasteiger charge is -2.09. The number of rotatable bonds is 3. The van der Waals surface area contributed by atoms with E-state index in [4.69, 9.17) is 10.5 Å². The fourth-order valence-corrected chi connectivity index (χ4v) is 1.85. The van der Waals surface area contributed by atoms with E-state index in [1.807, 2.05) is 0 Å². The Morgan fingerprint density at radius 1 is 1.24 bits per heavy atom. The molecule has 106 valence electrons. The van der Waals surface area contributed by atoms with Crippen LogP contribution in [0.1, 0.15) is 0 Å². The summed E-state index contributed by atoms with van der Waals surface area (Å²) in [5.41, 5.74) is 6.10. The van der Waals surface area contributed by atoms with Gasteiger partial charge < -0.3 is 10.5 Å². The fourth-order valence-electron chi connectivity index (χ4n) is 1.85. The van der Waals surface area contributed by atoms with Gasteiger partial charge in [-0.2, -0.15) is 15.0 Å². The third kappa shape index (κ3) is 2.50. The monoisotopic (exact) mass is 286 g/mol. The Balaban J connectivity index is 2.17. The minimum atomic E-state index is -0.422. The highest BCUT2D eigenvalue weighted by Gasteiger charge is 2.13. The molecular weight excluding hydrogens is 275 g/mol. The van der Waals surface area contributed by atoms with Gasteiger partial charge in [0.25, 0.3) is 0 Å². The van der Waals surface area contributed by atoms with Crippen LogP contribution in [0.3, 0.4) is 0 Å². The van der Waals surface area contributed by atoms with Crippen LogP contribution in [0.5, 0.6) is 5.75 Å². The molecule has 8 heteroatoms. The Morgan fingerprint density at radius 2 is 2.10 bits per heavy atom. The van der Waals surface area contributed by atoms with Crippen LogP contribution >= 0.6 is 0 Å². The summed E-state index contributed by atoms with van der Waals surface area (Å²) in [5.74, 6) is 0.562. The van der Waals surface area contributed by atoms with Gasteiger partial charge in [0, 0.05) is 12.4 Å². The van der Waals surface area contributed by atoms with Crippen molar-refractivity contribution < 1.29 is 9.13 Å². The second-order valence-electron chi connectivity index (χ2n) is 4.13. The average molecular weight is 286 g/mol. The largest absolute Gasteiger partial charge is 0.496 e. The van der Waals surface area contributed by atoms with Crippen molar-refractivity contribution in [2.24, 2.45) is 0 Å². The highest BCUT2D eigenvalue weighted by Crippen LogP contribution is 2.28. The topological polar surface area (TPSA) is 91.7 Å². The summed E-state index contributed by atoms with van der Waals surface area (Å²) in [6.45, 7) is 0. The van der Waals surface area contributed by atoms with Crippen molar-refractivity contribution in [1.82, 2.24) is 24.5 Å². The van der Waals surface area contributed by atoms with Crippen LogP contribution in [0, 0.1) is 5.82 Å². The van der Waals surface area contributed by atoms with E-state index in [-0.39, 0.29) is 11.8 Å². The number of benzene rings is 1. The van der Waals surface area contributed by atoms with E-state index in [1.54, 1.807) is 17.0 Å². The predicted octanol–water partition coefficient (Wildman–Crippen LogP) is 1.45. The maximum atomic E-state index is 13.5. The molecular formula is C13H11FN6O. The van der Waals surface area contributed by atoms with Gasteiger partial charge in [-0.05, 0) is 18.2 Å². The van der Waals surface area contributed by atoms with Crippen molar-refractivity contribution in [2.75, 3.05) is 12.8 Å². The maximum Gasteiger partial charge on any atom is 0.240 e. The first-order valence-corrected chi connectivity index (χ1v) is 6.01. The van der Waals surface area contributed by atoms with Gasteiger partial charge >= 0.3 is 0 Å². The molecule has 0 aliphatic rings. The Labute approximate surface area is 119 Å². The van der Waals surface area contributed by atoms with Crippen LogP contribution < -0.4 is 10.5 Å². The average Bonchev–Trinajstić information content (AvgIpc) is 3.01. The quantitative estimate of drug-likeness (QED) is 0.783. The molecule has 0 atom stereocenters. The Hall–Kier alpha value is -3.03. The molecule has 7 nitrogen and oxygen atoms in total. The van der Waals surface area contributed by atoms with Gasteiger partial charge in [-0.3, -0.25) is 4.57 Å². The normalized spacial score (nSPS) is 10.6. The van der Waals surface area contributed by atoms with E-state index in [9.17, 15) is 4.39 Å². The Kier molecular flexibility index (Phi) is 3.19. The third-order valence-corrected chi connectivity index (χ3v) is 2.78. The second-order valence-corrected chi connectivity index (χ2v) is 4.13. The molecule has 2 heterocycles. The van der Waals surface area contributed by atoms with Gasteiger partial charge in [0.15, 0.2) is 5.82 Å². The molecule has 2 aromatic heterocycles. The van der Waals surface area contributed by atoms with Gasteiger partial charge in [0.2, 0.25) is 11.9 Å². The number of methoxy groups -OCH3 is 1. The molecule has 1 aromatic carbocycles. The van der Waals surface area contributed by atoms with Gasteiger partial charge in [-0.25, -0.2) is 9.37 Å². The smallest absolute Gasteiger partial charge is 0.240 e. The number of nitrogens with zero attached hydrogens (tertiary/aromatic N) is 5. The Bertz CT molecular complexity index is 774. The molecule has 0 spiro atoms. The molecule has 0 bridgehead atoms. The lowest BCUT2D eigenvalue weighted by molar-refractivity contribution is 0.415. The van der Waals surface area contributed by atoms with Crippen molar-refractivity contribution in [3.63, 3.8) is 0 Å². The molecule has 0 fully saturated rings. The first-order chi connectivity index (χ1) is 10.2. The lowest BCUT2D eigenvalue weighted by atomic mass is 10.2. The zero-order chi connectivity index (χ0) is 14.8. The summed E-state index contributed by atoms with van der Waals surface area (Å²) in [7, 11) is 1.48. The Morgan fingerprint density at radius 3 is 2.81 bits per heavy atom. The summed E-state index contributed by atoms with van der Waals surface area (Å²) < 4.78 is 20.2. The summed E-state index contributed by atoms with van der Waals surface area (Å²) >= 11 is 0. The summed E-state index contributed by atoms with van der Waals surface area (Å²) in [4.78, 5) is 16.2. The minimum absolute atomic E-state index is 0.0232. The van der Waals surface area contributed by atoms with Gasteiger partial charge in [0.1, 0.15) is 17.9 Å². The molecule has 21 heavy (non-hydrogen) atoms. The highest BCUT2D eigenvalue weighted by atomic mass is 19.1. The number of nitrogens with two attached hydrogens (primary N) is 1. The zero-order valence-electron chi connectivity index (χ0n) is 11.1. The number of hydrogen-bond donors (Lipinski definition) is 1. The zero-order valence-corrected chi connectivity index (χ0v) is 11.1. The first kappa shape index (κ1) is 13.0. The van der Waals surface area contributed by atoms with Crippen molar-refractivity contribution in [3.8, 4) is 23.1 Å². The molecule has 0 aliphatic heterocycles. The fraction of sp³-hybridized carbons (Fsp3) is 0.0769. The number of nitrogen functional groups attached to an aromatic ring is 1. The standard InChI is InChI=1S/C13H11FN6O/c1-21-10-3-2-8(14)6-9(10)11-17-12(15)19-13(18-11)20-5-4-16-7-20/h2-7H,1H3,(H2,15,17,18,19). The van der Waals surface area contributed by atoms with E-state index in [0.717, 1.165) is 0 Å². The van der Waals surface area contributed by atoms with Gasteiger partial charge in [0.05, 0.1) is 12.7 Å². The number of imidazole rings is 1. The molecule has 0 aliphatic carbocycles. The number of ether oxygens (including phenoxy) is 1. The van der Waals surface area contributed by atoms with Crippen LogP contribution in [0.15, 0.2) is 36.9 Å². The van der Waals surface area contributed by atoms with Crippen LogP contribution in [0.25, 0.3) is 17.3 Å². The molecule has 3 aromatic rings. The van der Waals surface area contributed by atoms with Crippen LogP contribution in [0.4, 0.5) is 10.3 Å². The van der Waals surface area contributed by atoms with E-state index >= 15 is 0 Å². The summed E-state index contributed by atoms with van der Waals surface area (Å²) in [5, 5.41) is 0. The van der Waals surface area contributed by atoms with E-state index in [2.05, 4.69) is 19.9 Å². The number of hydrogen-bond acceptors (Lipinski definition) is 6. The summed E-state index contributed by atoms with van der Waals surface area (Å²) in [6.07, 6.45) is 4.78. The van der Waals surface area contributed by atoms with Crippen LogP contribution in [0.2, 0.25) is 0 Å². The van der Waals surface area contributed by atoms with E-state index in [0.29, 0.717) is 17.3 Å².